The standard InChI is InChI=1S/C19H30N2O4S/c1-5-15(4)20-19(22)16-8-7-11-21(13-16)26(23,24)17-9-10-18(25-6-2)14(3)12-17/h9-10,12,15-16H,5-8,11,13H2,1-4H3,(H,20,22)/t15-,16+/m0/s1. The summed E-state index contributed by atoms with van der Waals surface area (Å²) in [5, 5.41) is 2.96. The van der Waals surface area contributed by atoms with E-state index in [1.807, 2.05) is 27.7 Å². The van der Waals surface area contributed by atoms with E-state index in [1.165, 1.54) is 4.31 Å². The number of rotatable bonds is 7. The number of aryl methyl sites for hydroxylation is 1. The molecule has 6 nitrogen and oxygen atoms in total. The fourth-order valence-electron chi connectivity index (χ4n) is 3.09. The van der Waals surface area contributed by atoms with Crippen molar-refractivity contribution in [2.24, 2.45) is 5.92 Å². The third-order valence-corrected chi connectivity index (χ3v) is 6.70. The van der Waals surface area contributed by atoms with Crippen LogP contribution < -0.4 is 10.1 Å². The highest BCUT2D eigenvalue weighted by molar-refractivity contribution is 7.89. The second-order valence-electron chi connectivity index (χ2n) is 6.88. The van der Waals surface area contributed by atoms with Crippen LogP contribution in [-0.2, 0) is 14.8 Å². The Bertz CT molecular complexity index is 733. The molecule has 146 valence electrons. The molecule has 0 bridgehead atoms. The number of carbonyl (C=O) groups is 1. The molecule has 2 rings (SSSR count). The Morgan fingerprint density at radius 1 is 1.38 bits per heavy atom. The smallest absolute Gasteiger partial charge is 0.243 e. The predicted octanol–water partition coefficient (Wildman–Crippen LogP) is 2.71. The Labute approximate surface area is 157 Å². The Morgan fingerprint density at radius 3 is 2.73 bits per heavy atom. The van der Waals surface area contributed by atoms with Gasteiger partial charge in [0, 0.05) is 19.1 Å². The predicted molar refractivity (Wildman–Crippen MR) is 102 cm³/mol. The third kappa shape index (κ3) is 4.76. The van der Waals surface area contributed by atoms with E-state index in [9.17, 15) is 13.2 Å². The highest BCUT2D eigenvalue weighted by atomic mass is 32.2. The van der Waals surface area contributed by atoms with Gasteiger partial charge in [-0.2, -0.15) is 4.31 Å². The van der Waals surface area contributed by atoms with Crippen molar-refractivity contribution in [3.8, 4) is 5.75 Å². The van der Waals surface area contributed by atoms with Crippen LogP contribution in [-0.4, -0.2) is 44.4 Å². The lowest BCUT2D eigenvalue weighted by molar-refractivity contribution is -0.126. The third-order valence-electron chi connectivity index (χ3n) is 4.84. The molecular formula is C19H30N2O4S. The molecule has 1 saturated heterocycles. The van der Waals surface area contributed by atoms with Gasteiger partial charge in [-0.3, -0.25) is 4.79 Å². The Kier molecular flexibility index (Phi) is 7.06. The summed E-state index contributed by atoms with van der Waals surface area (Å²) < 4.78 is 32.9. The summed E-state index contributed by atoms with van der Waals surface area (Å²) in [5.41, 5.74) is 0.788. The molecule has 1 fully saturated rings. The van der Waals surface area contributed by atoms with Crippen LogP contribution in [0, 0.1) is 12.8 Å². The number of amides is 1. The van der Waals surface area contributed by atoms with Gasteiger partial charge in [0.2, 0.25) is 15.9 Å². The van der Waals surface area contributed by atoms with Gasteiger partial charge in [-0.1, -0.05) is 6.92 Å². The SMILES string of the molecule is CCOc1ccc(S(=O)(=O)N2CCC[C@@H](C(=O)N[C@@H](C)CC)C2)cc1C. The molecule has 1 N–H and O–H groups in total. The van der Waals surface area contributed by atoms with E-state index in [-0.39, 0.29) is 29.3 Å². The molecule has 7 heteroatoms. The summed E-state index contributed by atoms with van der Waals surface area (Å²) in [6, 6.07) is 5.02. The molecule has 1 aliphatic rings. The maximum Gasteiger partial charge on any atom is 0.243 e. The van der Waals surface area contributed by atoms with Crippen LogP contribution in [0.3, 0.4) is 0 Å². The van der Waals surface area contributed by atoms with E-state index in [2.05, 4.69) is 5.32 Å². The summed E-state index contributed by atoms with van der Waals surface area (Å²) in [5.74, 6) is 0.342. The summed E-state index contributed by atoms with van der Waals surface area (Å²) in [6.45, 7) is 8.91. The maximum absolute atomic E-state index is 13.0. The van der Waals surface area contributed by atoms with Crippen molar-refractivity contribution in [1.29, 1.82) is 0 Å². The molecule has 1 heterocycles. The molecule has 1 amide bonds. The average molecular weight is 383 g/mol. The molecule has 26 heavy (non-hydrogen) atoms. The van der Waals surface area contributed by atoms with Crippen LogP contribution in [0.5, 0.6) is 5.75 Å². The zero-order valence-electron chi connectivity index (χ0n) is 16.1. The monoisotopic (exact) mass is 382 g/mol. The van der Waals surface area contributed by atoms with E-state index in [0.717, 1.165) is 18.4 Å². The van der Waals surface area contributed by atoms with Gasteiger partial charge in [-0.05, 0) is 63.8 Å². The largest absolute Gasteiger partial charge is 0.494 e. The van der Waals surface area contributed by atoms with Crippen molar-refractivity contribution in [3.63, 3.8) is 0 Å². The molecule has 0 radical (unpaired) electrons. The summed E-state index contributed by atoms with van der Waals surface area (Å²) in [6.07, 6.45) is 2.26. The van der Waals surface area contributed by atoms with E-state index >= 15 is 0 Å². The molecule has 0 aromatic heterocycles. The normalized spacial score (nSPS) is 19.8. The summed E-state index contributed by atoms with van der Waals surface area (Å²) in [7, 11) is -3.62. The van der Waals surface area contributed by atoms with Gasteiger partial charge in [0.15, 0.2) is 0 Å². The quantitative estimate of drug-likeness (QED) is 0.787. The van der Waals surface area contributed by atoms with Crippen molar-refractivity contribution in [2.45, 2.75) is 57.9 Å². The molecule has 1 aliphatic heterocycles. The lowest BCUT2D eigenvalue weighted by Gasteiger charge is -2.32. The Balaban J connectivity index is 2.15. The molecule has 1 aromatic rings. The minimum Gasteiger partial charge on any atom is -0.494 e. The Hall–Kier alpha value is -1.60. The van der Waals surface area contributed by atoms with Gasteiger partial charge >= 0.3 is 0 Å². The van der Waals surface area contributed by atoms with Gasteiger partial charge in [0.25, 0.3) is 0 Å². The molecule has 1 aromatic carbocycles. The molecule has 0 aliphatic carbocycles. The second kappa shape index (κ2) is 8.86. The fourth-order valence-corrected chi connectivity index (χ4v) is 4.70. The number of benzene rings is 1. The van der Waals surface area contributed by atoms with E-state index < -0.39 is 10.0 Å². The number of ether oxygens (including phenoxy) is 1. The zero-order valence-corrected chi connectivity index (χ0v) is 16.9. The zero-order chi connectivity index (χ0) is 19.3. The van der Waals surface area contributed by atoms with Crippen molar-refractivity contribution >= 4 is 15.9 Å². The number of hydrogen-bond acceptors (Lipinski definition) is 4. The van der Waals surface area contributed by atoms with Crippen LogP contribution in [0.25, 0.3) is 0 Å². The first kappa shape index (κ1) is 20.7. The van der Waals surface area contributed by atoms with Crippen LogP contribution in [0.15, 0.2) is 23.1 Å². The topological polar surface area (TPSA) is 75.7 Å². The number of piperidine rings is 1. The lowest BCUT2D eigenvalue weighted by Crippen LogP contribution is -2.47. The highest BCUT2D eigenvalue weighted by Gasteiger charge is 2.33. The fraction of sp³-hybridized carbons (Fsp3) is 0.632. The molecule has 2 atom stereocenters. The van der Waals surface area contributed by atoms with Gasteiger partial charge < -0.3 is 10.1 Å². The number of nitrogens with zero attached hydrogens (tertiary/aromatic N) is 1. The number of nitrogens with one attached hydrogen (secondary N) is 1. The minimum atomic E-state index is -3.62. The maximum atomic E-state index is 13.0. The first-order valence-corrected chi connectivity index (χ1v) is 10.8. The van der Waals surface area contributed by atoms with Gasteiger partial charge in [-0.15, -0.1) is 0 Å². The summed E-state index contributed by atoms with van der Waals surface area (Å²) in [4.78, 5) is 12.6. The van der Waals surface area contributed by atoms with E-state index in [0.29, 0.717) is 25.3 Å². The van der Waals surface area contributed by atoms with Gasteiger partial charge in [-0.25, -0.2) is 8.42 Å². The van der Waals surface area contributed by atoms with Crippen molar-refractivity contribution in [2.75, 3.05) is 19.7 Å². The minimum absolute atomic E-state index is 0.0536. The van der Waals surface area contributed by atoms with Crippen molar-refractivity contribution < 1.29 is 17.9 Å². The van der Waals surface area contributed by atoms with E-state index in [1.54, 1.807) is 18.2 Å². The second-order valence-corrected chi connectivity index (χ2v) is 8.82. The number of sulfonamides is 1. The number of carbonyl (C=O) groups excluding carboxylic acids is 1. The van der Waals surface area contributed by atoms with Gasteiger partial charge in [0.1, 0.15) is 5.75 Å². The summed E-state index contributed by atoms with van der Waals surface area (Å²) >= 11 is 0. The highest BCUT2D eigenvalue weighted by Crippen LogP contribution is 2.27. The Morgan fingerprint density at radius 2 is 2.12 bits per heavy atom. The lowest BCUT2D eigenvalue weighted by atomic mass is 9.98. The van der Waals surface area contributed by atoms with Crippen molar-refractivity contribution in [1.82, 2.24) is 9.62 Å². The number of hydrogen-bond donors (Lipinski definition) is 1. The van der Waals surface area contributed by atoms with E-state index in [4.69, 9.17) is 4.74 Å². The molecule has 0 unspecified atom stereocenters. The van der Waals surface area contributed by atoms with Crippen LogP contribution in [0.2, 0.25) is 0 Å². The molecular weight excluding hydrogens is 352 g/mol. The molecule has 0 saturated carbocycles. The van der Waals surface area contributed by atoms with Crippen LogP contribution >= 0.6 is 0 Å². The average Bonchev–Trinajstić information content (AvgIpc) is 2.63. The first-order chi connectivity index (χ1) is 12.3. The van der Waals surface area contributed by atoms with Crippen LogP contribution in [0.1, 0.15) is 45.6 Å². The first-order valence-electron chi connectivity index (χ1n) is 9.33. The molecule has 0 spiro atoms. The van der Waals surface area contributed by atoms with Crippen LogP contribution in [0.4, 0.5) is 0 Å². The van der Waals surface area contributed by atoms with Gasteiger partial charge in [0.05, 0.1) is 17.4 Å². The van der Waals surface area contributed by atoms with Crippen molar-refractivity contribution in [3.05, 3.63) is 23.8 Å².